The zero-order chi connectivity index (χ0) is 23.4. The van der Waals surface area contributed by atoms with E-state index in [1.54, 1.807) is 6.07 Å². The lowest BCUT2D eigenvalue weighted by atomic mass is 10.1. The van der Waals surface area contributed by atoms with E-state index in [9.17, 15) is 0 Å². The Labute approximate surface area is 193 Å². The number of halogens is 2. The lowest BCUT2D eigenvalue weighted by Gasteiger charge is -2.01. The molecule has 0 saturated carbocycles. The maximum Gasteiger partial charge on any atom is 0.300 e. The van der Waals surface area contributed by atoms with Gasteiger partial charge in [-0.15, -0.1) is 0 Å². The van der Waals surface area contributed by atoms with Crippen LogP contribution in [0.3, 0.4) is 0 Å². The van der Waals surface area contributed by atoms with Crippen LogP contribution >= 0.6 is 23.2 Å². The van der Waals surface area contributed by atoms with E-state index >= 15 is 0 Å². The maximum atomic E-state index is 9.00. The topological polar surface area (TPSA) is 57.5 Å². The molecule has 0 saturated heterocycles. The molecule has 2 N–H and O–H groups in total. The summed E-state index contributed by atoms with van der Waals surface area (Å²) in [5.41, 5.74) is 4.04. The van der Waals surface area contributed by atoms with Gasteiger partial charge in [-0.3, -0.25) is 4.79 Å². The van der Waals surface area contributed by atoms with Crippen LogP contribution in [0.4, 0.5) is 0 Å². The van der Waals surface area contributed by atoms with Crippen molar-refractivity contribution in [2.24, 2.45) is 0 Å². The first-order valence-corrected chi connectivity index (χ1v) is 11.2. The normalized spacial score (nSPS) is 9.20. The van der Waals surface area contributed by atoms with Crippen molar-refractivity contribution in [3.8, 4) is 0 Å². The SMILES string of the molecule is CC(=O)O.CCCCCCO.CCCc1ccccc1C.Cc1ccc(Cl)c(Cl)c1. The lowest BCUT2D eigenvalue weighted by molar-refractivity contribution is -0.134. The lowest BCUT2D eigenvalue weighted by Crippen LogP contribution is -1.85. The molecule has 0 spiro atoms. The van der Waals surface area contributed by atoms with E-state index in [0.717, 1.165) is 18.9 Å². The average molecular weight is 457 g/mol. The Balaban J connectivity index is 0. The summed E-state index contributed by atoms with van der Waals surface area (Å²) in [7, 11) is 0. The molecule has 0 aliphatic heterocycles. The molecule has 0 amide bonds. The number of carbonyl (C=O) groups is 1. The van der Waals surface area contributed by atoms with E-state index in [-0.39, 0.29) is 0 Å². The summed E-state index contributed by atoms with van der Waals surface area (Å²) >= 11 is 11.3. The Bertz CT molecular complexity index is 680. The van der Waals surface area contributed by atoms with Gasteiger partial charge in [0.1, 0.15) is 0 Å². The molecule has 5 heteroatoms. The molecule has 0 radical (unpaired) electrons. The van der Waals surface area contributed by atoms with Crippen molar-refractivity contribution in [2.45, 2.75) is 73.1 Å². The Morgan fingerprint density at radius 2 is 1.50 bits per heavy atom. The number of aliphatic hydroxyl groups is 1. The zero-order valence-electron chi connectivity index (χ0n) is 19.0. The van der Waals surface area contributed by atoms with Crippen molar-refractivity contribution in [1.82, 2.24) is 0 Å². The first-order valence-electron chi connectivity index (χ1n) is 10.5. The highest BCUT2D eigenvalue weighted by molar-refractivity contribution is 6.41. The molecule has 0 heterocycles. The van der Waals surface area contributed by atoms with E-state index in [4.69, 9.17) is 38.2 Å². The maximum absolute atomic E-state index is 9.00. The number of benzene rings is 2. The second-order valence-corrected chi connectivity index (χ2v) is 7.71. The fourth-order valence-electron chi connectivity index (χ4n) is 2.30. The van der Waals surface area contributed by atoms with Gasteiger partial charge < -0.3 is 10.2 Å². The molecule has 2 aromatic rings. The molecule has 0 fully saturated rings. The molecular formula is C25H38Cl2O3. The van der Waals surface area contributed by atoms with Gasteiger partial charge in [-0.2, -0.15) is 0 Å². The second-order valence-electron chi connectivity index (χ2n) is 6.90. The minimum Gasteiger partial charge on any atom is -0.481 e. The number of aryl methyl sites for hydroxylation is 3. The number of carboxylic acid groups (broad SMARTS) is 1. The van der Waals surface area contributed by atoms with Gasteiger partial charge in [-0.05, 0) is 55.5 Å². The van der Waals surface area contributed by atoms with Gasteiger partial charge >= 0.3 is 0 Å². The molecule has 2 rings (SSSR count). The second kappa shape index (κ2) is 20.7. The van der Waals surface area contributed by atoms with E-state index < -0.39 is 5.97 Å². The molecule has 2 aromatic carbocycles. The van der Waals surface area contributed by atoms with Gasteiger partial charge in [-0.25, -0.2) is 0 Å². The summed E-state index contributed by atoms with van der Waals surface area (Å²) < 4.78 is 0. The van der Waals surface area contributed by atoms with Crippen LogP contribution in [0.1, 0.15) is 69.6 Å². The van der Waals surface area contributed by atoms with Crippen molar-refractivity contribution in [3.63, 3.8) is 0 Å². The van der Waals surface area contributed by atoms with E-state index in [0.29, 0.717) is 16.7 Å². The van der Waals surface area contributed by atoms with Crippen LogP contribution in [-0.4, -0.2) is 22.8 Å². The van der Waals surface area contributed by atoms with Crippen LogP contribution in [0.15, 0.2) is 42.5 Å². The molecule has 0 unspecified atom stereocenters. The number of carboxylic acids is 1. The monoisotopic (exact) mass is 456 g/mol. The van der Waals surface area contributed by atoms with Crippen molar-refractivity contribution >= 4 is 29.2 Å². The summed E-state index contributed by atoms with van der Waals surface area (Å²) in [6.07, 6.45) is 7.14. The largest absolute Gasteiger partial charge is 0.481 e. The summed E-state index contributed by atoms with van der Waals surface area (Å²) in [6.45, 7) is 9.97. The molecule has 170 valence electrons. The summed E-state index contributed by atoms with van der Waals surface area (Å²) in [6, 6.07) is 14.1. The van der Waals surface area contributed by atoms with E-state index in [1.165, 1.54) is 43.2 Å². The van der Waals surface area contributed by atoms with Crippen molar-refractivity contribution < 1.29 is 15.0 Å². The third kappa shape index (κ3) is 19.8. The van der Waals surface area contributed by atoms with E-state index in [1.807, 2.05) is 19.1 Å². The first-order chi connectivity index (χ1) is 14.2. The third-order valence-electron chi connectivity index (χ3n) is 3.87. The number of unbranched alkanes of at least 4 members (excludes halogenated alkanes) is 3. The number of aliphatic hydroxyl groups excluding tert-OH is 1. The van der Waals surface area contributed by atoms with Crippen LogP contribution in [0.25, 0.3) is 0 Å². The van der Waals surface area contributed by atoms with Crippen LogP contribution in [0.2, 0.25) is 10.0 Å². The van der Waals surface area contributed by atoms with Gasteiger partial charge in [0.2, 0.25) is 0 Å². The zero-order valence-corrected chi connectivity index (χ0v) is 20.6. The van der Waals surface area contributed by atoms with Gasteiger partial charge in [0.15, 0.2) is 0 Å². The van der Waals surface area contributed by atoms with Gasteiger partial charge in [0, 0.05) is 13.5 Å². The number of hydrogen-bond donors (Lipinski definition) is 2. The third-order valence-corrected chi connectivity index (χ3v) is 4.61. The van der Waals surface area contributed by atoms with E-state index in [2.05, 4.69) is 45.0 Å². The Kier molecular flexibility index (Phi) is 21.2. The fourth-order valence-corrected chi connectivity index (χ4v) is 2.65. The predicted molar refractivity (Wildman–Crippen MR) is 131 cm³/mol. The van der Waals surface area contributed by atoms with Crippen LogP contribution in [0.5, 0.6) is 0 Å². The minimum absolute atomic E-state index is 0.361. The Morgan fingerprint density at radius 3 is 1.93 bits per heavy atom. The van der Waals surface area contributed by atoms with Crippen molar-refractivity contribution in [2.75, 3.05) is 6.61 Å². The van der Waals surface area contributed by atoms with Crippen molar-refractivity contribution in [1.29, 1.82) is 0 Å². The first kappa shape index (κ1) is 30.6. The van der Waals surface area contributed by atoms with Gasteiger partial charge in [-0.1, -0.05) is 93.1 Å². The number of hydrogen-bond acceptors (Lipinski definition) is 2. The van der Waals surface area contributed by atoms with Gasteiger partial charge in [0.05, 0.1) is 10.0 Å². The average Bonchev–Trinajstić information content (AvgIpc) is 2.68. The highest BCUT2D eigenvalue weighted by Crippen LogP contribution is 2.21. The number of aliphatic carboxylic acids is 1. The Morgan fingerprint density at radius 1 is 0.900 bits per heavy atom. The quantitative estimate of drug-likeness (QED) is 0.434. The minimum atomic E-state index is -0.833. The molecule has 0 aliphatic rings. The molecule has 0 aliphatic carbocycles. The number of rotatable bonds is 6. The highest BCUT2D eigenvalue weighted by atomic mass is 35.5. The van der Waals surface area contributed by atoms with Crippen LogP contribution in [-0.2, 0) is 11.2 Å². The van der Waals surface area contributed by atoms with Crippen molar-refractivity contribution in [3.05, 3.63) is 69.2 Å². The smallest absolute Gasteiger partial charge is 0.300 e. The predicted octanol–water partition coefficient (Wildman–Crippen LogP) is 7.90. The standard InChI is InChI=1S/C10H14.C7H6Cl2.C6H14O.C2H4O2/c1-3-6-10-8-5-4-7-9(10)2;1-5-2-3-6(8)7(9)4-5;1-2-3-4-5-6-7;1-2(3)4/h4-5,7-8H,3,6H2,1-2H3;2-4H,1H3;7H,2-6H2,1H3;1H3,(H,3,4). The summed E-state index contributed by atoms with van der Waals surface area (Å²) in [4.78, 5) is 9.00. The highest BCUT2D eigenvalue weighted by Gasteiger charge is 1.94. The molecule has 30 heavy (non-hydrogen) atoms. The fraction of sp³-hybridized carbons (Fsp3) is 0.480. The molecular weight excluding hydrogens is 419 g/mol. The van der Waals surface area contributed by atoms with Crippen LogP contribution < -0.4 is 0 Å². The molecule has 3 nitrogen and oxygen atoms in total. The Hall–Kier alpha value is -1.55. The van der Waals surface area contributed by atoms with Crippen LogP contribution in [0, 0.1) is 13.8 Å². The van der Waals surface area contributed by atoms with Gasteiger partial charge in [0.25, 0.3) is 5.97 Å². The molecule has 0 atom stereocenters. The molecule has 0 bridgehead atoms. The summed E-state index contributed by atoms with van der Waals surface area (Å²) in [5.74, 6) is -0.833. The molecule has 0 aromatic heterocycles. The summed E-state index contributed by atoms with van der Waals surface area (Å²) in [5, 5.41) is 16.9.